The smallest absolute Gasteiger partial charge is 0.153 e. The van der Waals surface area contributed by atoms with Gasteiger partial charge in [-0.05, 0) is 42.5 Å². The minimum absolute atomic E-state index is 0.349. The van der Waals surface area contributed by atoms with Crippen LogP contribution < -0.4 is 5.73 Å². The summed E-state index contributed by atoms with van der Waals surface area (Å²) in [5, 5.41) is 8.90. The van der Waals surface area contributed by atoms with Crippen molar-refractivity contribution in [3.8, 4) is 0 Å². The van der Waals surface area contributed by atoms with Gasteiger partial charge in [-0.2, -0.15) is 5.10 Å². The molecule has 6 heteroatoms. The monoisotopic (exact) mass is 366 g/mol. The molecule has 0 fully saturated rings. The molecule has 0 saturated carbocycles. The first-order chi connectivity index (χ1) is 12.2. The van der Waals surface area contributed by atoms with Crippen molar-refractivity contribution in [2.45, 2.75) is 9.79 Å². The van der Waals surface area contributed by atoms with Crippen LogP contribution in [0.3, 0.4) is 0 Å². The molecule has 0 radical (unpaired) electrons. The van der Waals surface area contributed by atoms with Crippen LogP contribution in [0.15, 0.2) is 93.1 Å². The van der Waals surface area contributed by atoms with Crippen molar-refractivity contribution in [3.63, 3.8) is 0 Å². The third kappa shape index (κ3) is 4.92. The number of nitrogens with two attached hydrogens (primary N) is 1. The van der Waals surface area contributed by atoms with E-state index in [1.807, 2.05) is 48.5 Å². The van der Waals surface area contributed by atoms with E-state index in [2.05, 4.69) is 15.2 Å². The van der Waals surface area contributed by atoms with Gasteiger partial charge in [0.1, 0.15) is 0 Å². The first kappa shape index (κ1) is 17.2. The normalized spacial score (nSPS) is 11.8. The van der Waals surface area contributed by atoms with Crippen LogP contribution >= 0.6 is 23.4 Å². The molecule has 124 valence electrons. The summed E-state index contributed by atoms with van der Waals surface area (Å²) in [4.78, 5) is 6.13. The number of pyridine rings is 1. The summed E-state index contributed by atoms with van der Waals surface area (Å²) >= 11 is 7.57. The number of aromatic nitrogens is 1. The molecule has 0 aliphatic heterocycles. The van der Waals surface area contributed by atoms with Crippen molar-refractivity contribution >= 4 is 35.4 Å². The average molecular weight is 367 g/mol. The van der Waals surface area contributed by atoms with E-state index in [0.29, 0.717) is 5.84 Å². The fraction of sp³-hybridized carbons (Fsp3) is 0. The molecule has 3 aromatic rings. The second-order valence-corrected chi connectivity index (χ2v) is 6.61. The molecule has 0 amide bonds. The Labute approximate surface area is 155 Å². The highest BCUT2D eigenvalue weighted by Crippen LogP contribution is 2.30. The molecule has 25 heavy (non-hydrogen) atoms. The van der Waals surface area contributed by atoms with Crippen molar-refractivity contribution in [3.05, 3.63) is 89.2 Å². The molecule has 1 aromatic heterocycles. The first-order valence-electron chi connectivity index (χ1n) is 7.52. The quantitative estimate of drug-likeness (QED) is 0.407. The van der Waals surface area contributed by atoms with Crippen molar-refractivity contribution in [1.29, 1.82) is 0 Å². The molecule has 1 heterocycles. The van der Waals surface area contributed by atoms with E-state index in [0.717, 1.165) is 25.9 Å². The van der Waals surface area contributed by atoms with Crippen LogP contribution in [0.5, 0.6) is 0 Å². The zero-order valence-corrected chi connectivity index (χ0v) is 14.8. The van der Waals surface area contributed by atoms with E-state index in [1.165, 1.54) is 0 Å². The van der Waals surface area contributed by atoms with Crippen LogP contribution in [-0.4, -0.2) is 17.0 Å². The van der Waals surface area contributed by atoms with Gasteiger partial charge in [-0.3, -0.25) is 4.98 Å². The fourth-order valence-corrected chi connectivity index (χ4v) is 3.08. The number of hydrogen-bond donors (Lipinski definition) is 1. The molecule has 0 bridgehead atoms. The Hall–Kier alpha value is -2.63. The Kier molecular flexibility index (Phi) is 5.82. The van der Waals surface area contributed by atoms with Gasteiger partial charge >= 0.3 is 0 Å². The highest BCUT2D eigenvalue weighted by atomic mass is 35.5. The van der Waals surface area contributed by atoms with E-state index >= 15 is 0 Å². The number of halogens is 1. The Morgan fingerprint density at radius 1 is 1.00 bits per heavy atom. The maximum atomic E-state index is 5.93. The Morgan fingerprint density at radius 3 is 2.48 bits per heavy atom. The Balaban J connectivity index is 1.77. The van der Waals surface area contributed by atoms with Gasteiger partial charge < -0.3 is 5.73 Å². The summed E-state index contributed by atoms with van der Waals surface area (Å²) in [5.74, 6) is 0.349. The standard InChI is InChI=1S/C19H15ClN4S/c20-16-5-7-17(8-6-16)25-18-4-2-1-3-15(18)13-23-24-19(21)14-9-11-22-12-10-14/h1-13H,(H2,21,24)/b23-13+. The fourth-order valence-electron chi connectivity index (χ4n) is 2.04. The second kappa shape index (κ2) is 8.46. The lowest BCUT2D eigenvalue weighted by atomic mass is 10.2. The van der Waals surface area contributed by atoms with Gasteiger partial charge in [-0.1, -0.05) is 41.6 Å². The topological polar surface area (TPSA) is 63.6 Å². The van der Waals surface area contributed by atoms with Gasteiger partial charge in [0.2, 0.25) is 0 Å². The number of amidine groups is 1. The Bertz CT molecular complexity index is 893. The highest BCUT2D eigenvalue weighted by molar-refractivity contribution is 7.99. The summed E-state index contributed by atoms with van der Waals surface area (Å²) in [7, 11) is 0. The summed E-state index contributed by atoms with van der Waals surface area (Å²) in [6.07, 6.45) is 5.03. The summed E-state index contributed by atoms with van der Waals surface area (Å²) in [5.41, 5.74) is 7.68. The van der Waals surface area contributed by atoms with Gasteiger partial charge in [0, 0.05) is 38.3 Å². The van der Waals surface area contributed by atoms with Gasteiger partial charge in [0.25, 0.3) is 0 Å². The first-order valence-corrected chi connectivity index (χ1v) is 8.71. The lowest BCUT2D eigenvalue weighted by molar-refractivity contribution is 1.22. The largest absolute Gasteiger partial charge is 0.382 e. The van der Waals surface area contributed by atoms with Crippen molar-refractivity contribution in [2.24, 2.45) is 15.9 Å². The minimum Gasteiger partial charge on any atom is -0.382 e. The van der Waals surface area contributed by atoms with Crippen LogP contribution in [0.25, 0.3) is 0 Å². The minimum atomic E-state index is 0.349. The molecule has 0 aliphatic carbocycles. The molecule has 2 N–H and O–H groups in total. The number of nitrogens with zero attached hydrogens (tertiary/aromatic N) is 3. The second-order valence-electron chi connectivity index (χ2n) is 5.06. The molecule has 0 unspecified atom stereocenters. The number of benzene rings is 2. The van der Waals surface area contributed by atoms with E-state index in [1.54, 1.807) is 42.5 Å². The third-order valence-corrected chi connectivity index (χ3v) is 4.65. The van der Waals surface area contributed by atoms with E-state index < -0.39 is 0 Å². The predicted octanol–water partition coefficient (Wildman–Crippen LogP) is 4.63. The lowest BCUT2D eigenvalue weighted by Gasteiger charge is -2.05. The molecule has 2 aromatic carbocycles. The number of hydrogen-bond acceptors (Lipinski definition) is 4. The van der Waals surface area contributed by atoms with Gasteiger partial charge in [0.15, 0.2) is 5.84 Å². The predicted molar refractivity (Wildman–Crippen MR) is 105 cm³/mol. The molecule has 3 rings (SSSR count). The maximum absolute atomic E-state index is 5.93. The van der Waals surface area contributed by atoms with E-state index in [-0.39, 0.29) is 0 Å². The van der Waals surface area contributed by atoms with Crippen LogP contribution in [0.2, 0.25) is 5.02 Å². The van der Waals surface area contributed by atoms with Crippen LogP contribution in [-0.2, 0) is 0 Å². The van der Waals surface area contributed by atoms with Crippen molar-refractivity contribution in [2.75, 3.05) is 0 Å². The molecular weight excluding hydrogens is 352 g/mol. The van der Waals surface area contributed by atoms with Crippen molar-refractivity contribution < 1.29 is 0 Å². The molecule has 0 atom stereocenters. The van der Waals surface area contributed by atoms with Gasteiger partial charge in [-0.15, -0.1) is 5.10 Å². The van der Waals surface area contributed by atoms with Gasteiger partial charge in [-0.25, -0.2) is 0 Å². The van der Waals surface area contributed by atoms with Crippen LogP contribution in [0.1, 0.15) is 11.1 Å². The highest BCUT2D eigenvalue weighted by Gasteiger charge is 2.02. The number of rotatable bonds is 5. The Morgan fingerprint density at radius 2 is 1.72 bits per heavy atom. The van der Waals surface area contributed by atoms with E-state index in [9.17, 15) is 0 Å². The summed E-state index contributed by atoms with van der Waals surface area (Å²) in [6, 6.07) is 19.3. The third-order valence-electron chi connectivity index (χ3n) is 3.30. The van der Waals surface area contributed by atoms with Crippen LogP contribution in [0, 0.1) is 0 Å². The van der Waals surface area contributed by atoms with Gasteiger partial charge in [0.05, 0.1) is 6.21 Å². The SMILES string of the molecule is N/C(=N\N=C\c1ccccc1Sc1ccc(Cl)cc1)c1ccncc1. The molecule has 4 nitrogen and oxygen atoms in total. The summed E-state index contributed by atoms with van der Waals surface area (Å²) < 4.78 is 0. The maximum Gasteiger partial charge on any atom is 0.153 e. The summed E-state index contributed by atoms with van der Waals surface area (Å²) in [6.45, 7) is 0. The molecule has 0 spiro atoms. The lowest BCUT2D eigenvalue weighted by Crippen LogP contribution is -2.12. The molecule has 0 saturated heterocycles. The van der Waals surface area contributed by atoms with E-state index in [4.69, 9.17) is 17.3 Å². The average Bonchev–Trinajstić information content (AvgIpc) is 2.65. The van der Waals surface area contributed by atoms with Crippen molar-refractivity contribution in [1.82, 2.24) is 4.98 Å². The zero-order valence-electron chi connectivity index (χ0n) is 13.2. The molecular formula is C19H15ClN4S. The van der Waals surface area contributed by atoms with Crippen LogP contribution in [0.4, 0.5) is 0 Å². The zero-order chi connectivity index (χ0) is 17.5. The molecule has 0 aliphatic rings.